The van der Waals surface area contributed by atoms with Crippen molar-refractivity contribution in [2.75, 3.05) is 16.3 Å². The van der Waals surface area contributed by atoms with Crippen molar-refractivity contribution in [3.8, 4) is 6.07 Å². The summed E-state index contributed by atoms with van der Waals surface area (Å²) in [5.74, 6) is -0.366. The maximum absolute atomic E-state index is 12.3. The van der Waals surface area contributed by atoms with Gasteiger partial charge in [-0.25, -0.2) is 13.4 Å². The van der Waals surface area contributed by atoms with Crippen LogP contribution in [0.4, 0.5) is 10.8 Å². The molecular weight excluding hydrogens is 336 g/mol. The quantitative estimate of drug-likeness (QED) is 0.858. The number of carbonyl (C=O) groups excluding carboxylic acids is 1. The third-order valence-corrected chi connectivity index (χ3v) is 4.54. The van der Waals surface area contributed by atoms with E-state index in [-0.39, 0.29) is 11.0 Å². The number of aryl methyl sites for hydroxylation is 1. The summed E-state index contributed by atoms with van der Waals surface area (Å²) in [6.07, 6.45) is 1.33. The molecule has 0 fully saturated rings. The number of hydrogen-bond donors (Lipinski definition) is 2. The Labute approximate surface area is 138 Å². The van der Waals surface area contributed by atoms with Crippen LogP contribution in [0.3, 0.4) is 0 Å². The summed E-state index contributed by atoms with van der Waals surface area (Å²) < 4.78 is 24.7. The van der Waals surface area contributed by atoms with Gasteiger partial charge in [-0.2, -0.15) is 5.26 Å². The number of nitrogens with zero attached hydrogens (tertiary/aromatic N) is 2. The number of carbonyl (C=O) groups is 1. The van der Waals surface area contributed by atoms with Gasteiger partial charge in [0.2, 0.25) is 10.0 Å². The van der Waals surface area contributed by atoms with Crippen LogP contribution in [0, 0.1) is 18.3 Å². The summed E-state index contributed by atoms with van der Waals surface area (Å²) in [6.45, 7) is 1.63. The molecule has 0 unspecified atom stereocenters. The van der Waals surface area contributed by atoms with Crippen LogP contribution in [0.2, 0.25) is 0 Å². The standard InChI is InChI=1S/C14H14N4O3S2/c1-9-12(22-14(16-9)18-23(2,20)21)13(19)17-11-5-3-10(4-6-11)7-8-15/h3-6H,7H2,1-2H3,(H,16,18)(H,17,19). The number of nitrogens with one attached hydrogen (secondary N) is 2. The molecule has 0 saturated heterocycles. The van der Waals surface area contributed by atoms with Gasteiger partial charge in [0.15, 0.2) is 5.13 Å². The van der Waals surface area contributed by atoms with Gasteiger partial charge in [-0.3, -0.25) is 9.52 Å². The summed E-state index contributed by atoms with van der Waals surface area (Å²) in [7, 11) is -3.44. The van der Waals surface area contributed by atoms with Crippen molar-refractivity contribution in [1.29, 1.82) is 5.26 Å². The molecular formula is C14H14N4O3S2. The van der Waals surface area contributed by atoms with Gasteiger partial charge >= 0.3 is 0 Å². The predicted octanol–water partition coefficient (Wildman–Crippen LogP) is 2.14. The van der Waals surface area contributed by atoms with E-state index in [0.717, 1.165) is 23.2 Å². The molecule has 0 aliphatic rings. The van der Waals surface area contributed by atoms with Crippen LogP contribution in [0.5, 0.6) is 0 Å². The molecule has 23 heavy (non-hydrogen) atoms. The van der Waals surface area contributed by atoms with E-state index in [2.05, 4.69) is 15.0 Å². The van der Waals surface area contributed by atoms with Crippen LogP contribution < -0.4 is 10.0 Å². The van der Waals surface area contributed by atoms with Crippen molar-refractivity contribution in [1.82, 2.24) is 4.98 Å². The monoisotopic (exact) mass is 350 g/mol. The second-order valence-electron chi connectivity index (χ2n) is 4.79. The minimum atomic E-state index is -3.44. The number of nitriles is 1. The highest BCUT2D eigenvalue weighted by atomic mass is 32.2. The van der Waals surface area contributed by atoms with E-state index in [1.807, 2.05) is 6.07 Å². The minimum absolute atomic E-state index is 0.152. The van der Waals surface area contributed by atoms with Crippen molar-refractivity contribution in [3.63, 3.8) is 0 Å². The lowest BCUT2D eigenvalue weighted by Crippen LogP contribution is -2.11. The fraction of sp³-hybridized carbons (Fsp3) is 0.214. The topological polar surface area (TPSA) is 112 Å². The number of aromatic nitrogens is 1. The highest BCUT2D eigenvalue weighted by Crippen LogP contribution is 2.24. The van der Waals surface area contributed by atoms with Crippen LogP contribution in [0.15, 0.2) is 24.3 Å². The van der Waals surface area contributed by atoms with Crippen LogP contribution >= 0.6 is 11.3 Å². The van der Waals surface area contributed by atoms with Crippen molar-refractivity contribution < 1.29 is 13.2 Å². The second kappa shape index (κ2) is 6.76. The van der Waals surface area contributed by atoms with Gasteiger partial charge in [0, 0.05) is 5.69 Å². The third kappa shape index (κ3) is 4.77. The van der Waals surface area contributed by atoms with E-state index in [1.165, 1.54) is 0 Å². The number of thiazole rings is 1. The summed E-state index contributed by atoms with van der Waals surface area (Å²) >= 11 is 0.969. The van der Waals surface area contributed by atoms with E-state index in [1.54, 1.807) is 31.2 Å². The summed E-state index contributed by atoms with van der Waals surface area (Å²) in [5, 5.41) is 11.5. The smallest absolute Gasteiger partial charge is 0.267 e. The number of rotatable bonds is 5. The lowest BCUT2D eigenvalue weighted by atomic mass is 10.1. The summed E-state index contributed by atoms with van der Waals surface area (Å²) in [6, 6.07) is 8.98. The number of benzene rings is 1. The first-order valence-electron chi connectivity index (χ1n) is 6.51. The molecule has 0 aliphatic carbocycles. The highest BCUT2D eigenvalue weighted by Gasteiger charge is 2.17. The summed E-state index contributed by atoms with van der Waals surface area (Å²) in [5.41, 5.74) is 1.89. The van der Waals surface area contributed by atoms with Crippen LogP contribution in [-0.4, -0.2) is 25.6 Å². The van der Waals surface area contributed by atoms with Crippen LogP contribution in [-0.2, 0) is 16.4 Å². The molecule has 2 rings (SSSR count). The number of sulfonamides is 1. The molecule has 0 radical (unpaired) electrons. The van der Waals surface area contributed by atoms with Gasteiger partial charge in [-0.15, -0.1) is 0 Å². The average Bonchev–Trinajstić information content (AvgIpc) is 2.80. The summed E-state index contributed by atoms with van der Waals surface area (Å²) in [4.78, 5) is 16.6. The molecule has 9 heteroatoms. The van der Waals surface area contributed by atoms with Crippen molar-refractivity contribution in [2.45, 2.75) is 13.3 Å². The maximum atomic E-state index is 12.3. The first-order valence-corrected chi connectivity index (χ1v) is 9.22. The van der Waals surface area contributed by atoms with E-state index in [0.29, 0.717) is 22.7 Å². The molecule has 7 nitrogen and oxygen atoms in total. The molecule has 2 N–H and O–H groups in total. The first-order chi connectivity index (χ1) is 10.8. The van der Waals surface area contributed by atoms with Gasteiger partial charge < -0.3 is 5.32 Å². The molecule has 1 aromatic heterocycles. The zero-order valence-electron chi connectivity index (χ0n) is 12.5. The maximum Gasteiger partial charge on any atom is 0.267 e. The van der Waals surface area contributed by atoms with Gasteiger partial charge in [-0.05, 0) is 24.6 Å². The van der Waals surface area contributed by atoms with Crippen LogP contribution in [0.25, 0.3) is 0 Å². The number of hydrogen-bond acceptors (Lipinski definition) is 6. The Bertz CT molecular complexity index is 864. The Balaban J connectivity index is 2.13. The molecule has 1 aromatic carbocycles. The molecule has 0 bridgehead atoms. The Morgan fingerprint density at radius 1 is 1.35 bits per heavy atom. The number of amides is 1. The second-order valence-corrected chi connectivity index (χ2v) is 7.54. The highest BCUT2D eigenvalue weighted by molar-refractivity contribution is 7.92. The van der Waals surface area contributed by atoms with Gasteiger partial charge in [0.25, 0.3) is 5.91 Å². The molecule has 0 aliphatic heterocycles. The van der Waals surface area contributed by atoms with Gasteiger partial charge in [0.05, 0.1) is 24.4 Å². The lowest BCUT2D eigenvalue weighted by Gasteiger charge is -2.04. The Hall–Kier alpha value is -2.44. The fourth-order valence-electron chi connectivity index (χ4n) is 1.79. The third-order valence-electron chi connectivity index (χ3n) is 2.77. The first kappa shape index (κ1) is 16.9. The lowest BCUT2D eigenvalue weighted by molar-refractivity contribution is 0.103. The van der Waals surface area contributed by atoms with E-state index < -0.39 is 10.0 Å². The zero-order valence-corrected chi connectivity index (χ0v) is 14.1. The van der Waals surface area contributed by atoms with E-state index in [4.69, 9.17) is 5.26 Å². The SMILES string of the molecule is Cc1nc(NS(C)(=O)=O)sc1C(=O)Nc1ccc(CC#N)cc1. The molecule has 0 saturated carbocycles. The fourth-order valence-corrected chi connectivity index (χ4v) is 3.49. The predicted molar refractivity (Wildman–Crippen MR) is 89.0 cm³/mol. The Morgan fingerprint density at radius 2 is 2.00 bits per heavy atom. The molecule has 1 heterocycles. The molecule has 1 amide bonds. The van der Waals surface area contributed by atoms with Crippen molar-refractivity contribution in [2.24, 2.45) is 0 Å². The van der Waals surface area contributed by atoms with Crippen LogP contribution in [0.1, 0.15) is 20.9 Å². The van der Waals surface area contributed by atoms with E-state index in [9.17, 15) is 13.2 Å². The largest absolute Gasteiger partial charge is 0.321 e. The Morgan fingerprint density at radius 3 is 2.57 bits per heavy atom. The van der Waals surface area contributed by atoms with Crippen molar-refractivity contribution in [3.05, 3.63) is 40.4 Å². The normalized spacial score (nSPS) is 10.8. The molecule has 120 valence electrons. The van der Waals surface area contributed by atoms with Gasteiger partial charge in [-0.1, -0.05) is 23.5 Å². The molecule has 0 spiro atoms. The average molecular weight is 350 g/mol. The zero-order chi connectivity index (χ0) is 17.0. The molecule has 0 atom stereocenters. The molecule has 2 aromatic rings. The van der Waals surface area contributed by atoms with Crippen molar-refractivity contribution >= 4 is 38.1 Å². The van der Waals surface area contributed by atoms with Gasteiger partial charge in [0.1, 0.15) is 4.88 Å². The Kier molecular flexibility index (Phi) is 4.98. The minimum Gasteiger partial charge on any atom is -0.321 e. The number of anilines is 2. The van der Waals surface area contributed by atoms with E-state index >= 15 is 0 Å².